The van der Waals surface area contributed by atoms with Crippen LogP contribution in [0.3, 0.4) is 0 Å². The largest absolute Gasteiger partial charge is 0.508 e. The highest BCUT2D eigenvalue weighted by Gasteiger charge is 2.25. The number of aromatic hydroxyl groups is 1. The molecule has 0 saturated carbocycles. The van der Waals surface area contributed by atoms with Crippen molar-refractivity contribution in [2.45, 2.75) is 31.8 Å². The van der Waals surface area contributed by atoms with Crippen molar-refractivity contribution in [3.8, 4) is 5.75 Å². The molecule has 1 aliphatic carbocycles. The van der Waals surface area contributed by atoms with Gasteiger partial charge in [-0.25, -0.2) is 0 Å². The summed E-state index contributed by atoms with van der Waals surface area (Å²) in [7, 11) is 0. The number of halogens is 1. The second-order valence-corrected chi connectivity index (χ2v) is 6.24. The maximum absolute atomic E-state index is 9.58. The van der Waals surface area contributed by atoms with E-state index in [-0.39, 0.29) is 6.04 Å². The van der Waals surface area contributed by atoms with Crippen LogP contribution >= 0.6 is 15.9 Å². The molecule has 0 fully saturated rings. The zero-order chi connectivity index (χ0) is 14.1. The number of hydrogen-bond donors (Lipinski definition) is 2. The monoisotopic (exact) mass is 331 g/mol. The van der Waals surface area contributed by atoms with E-state index in [4.69, 9.17) is 0 Å². The molecule has 0 amide bonds. The van der Waals surface area contributed by atoms with Crippen LogP contribution in [-0.4, -0.2) is 5.11 Å². The minimum atomic E-state index is 0.219. The Hall–Kier alpha value is -1.32. The zero-order valence-electron chi connectivity index (χ0n) is 11.4. The normalized spacial score (nSPS) is 18.8. The first kappa shape index (κ1) is 13.7. The molecular formula is C17H18BrNO. The summed E-state index contributed by atoms with van der Waals surface area (Å²) in [5.74, 6) is 0.325. The summed E-state index contributed by atoms with van der Waals surface area (Å²) in [5.41, 5.74) is 3.94. The van der Waals surface area contributed by atoms with Crippen LogP contribution < -0.4 is 5.32 Å². The average molecular weight is 332 g/mol. The number of rotatable bonds is 3. The standard InChI is InChI=1S/C17H18BrNO/c1-11(12-4-2-5-13(20)10-12)19-17-9-8-14-15(17)6-3-7-16(14)18/h2-7,10-11,17,19-20H,8-9H2,1H3. The third kappa shape index (κ3) is 2.60. The molecule has 0 bridgehead atoms. The fourth-order valence-corrected chi connectivity index (χ4v) is 3.55. The molecule has 0 radical (unpaired) electrons. The van der Waals surface area contributed by atoms with E-state index in [0.29, 0.717) is 11.8 Å². The molecule has 2 aromatic carbocycles. The molecule has 3 heteroatoms. The van der Waals surface area contributed by atoms with Crippen molar-refractivity contribution in [1.29, 1.82) is 0 Å². The second kappa shape index (κ2) is 5.58. The predicted octanol–water partition coefficient (Wildman–Crippen LogP) is 4.49. The van der Waals surface area contributed by atoms with Gasteiger partial charge in [-0.05, 0) is 54.7 Å². The van der Waals surface area contributed by atoms with Crippen molar-refractivity contribution in [2.24, 2.45) is 0 Å². The lowest BCUT2D eigenvalue weighted by Gasteiger charge is -2.21. The van der Waals surface area contributed by atoms with E-state index in [1.807, 2.05) is 18.2 Å². The molecular weight excluding hydrogens is 314 g/mol. The smallest absolute Gasteiger partial charge is 0.115 e. The van der Waals surface area contributed by atoms with E-state index >= 15 is 0 Å². The summed E-state index contributed by atoms with van der Waals surface area (Å²) in [5, 5.41) is 13.3. The van der Waals surface area contributed by atoms with Crippen molar-refractivity contribution in [1.82, 2.24) is 5.32 Å². The molecule has 3 rings (SSSR count). The van der Waals surface area contributed by atoms with E-state index in [9.17, 15) is 5.11 Å². The van der Waals surface area contributed by atoms with E-state index in [1.165, 1.54) is 15.6 Å². The summed E-state index contributed by atoms with van der Waals surface area (Å²) in [6, 6.07) is 14.5. The Labute approximate surface area is 128 Å². The third-order valence-electron chi connectivity index (χ3n) is 4.03. The summed E-state index contributed by atoms with van der Waals surface area (Å²) < 4.78 is 1.21. The predicted molar refractivity (Wildman–Crippen MR) is 84.9 cm³/mol. The van der Waals surface area contributed by atoms with Crippen LogP contribution in [0.5, 0.6) is 5.75 Å². The molecule has 2 N–H and O–H groups in total. The van der Waals surface area contributed by atoms with Crippen LogP contribution in [0.2, 0.25) is 0 Å². The first-order valence-corrected chi connectivity index (χ1v) is 7.76. The third-order valence-corrected chi connectivity index (χ3v) is 4.78. The van der Waals surface area contributed by atoms with Gasteiger partial charge in [-0.2, -0.15) is 0 Å². The molecule has 0 spiro atoms. The highest BCUT2D eigenvalue weighted by molar-refractivity contribution is 9.10. The Balaban J connectivity index is 1.79. The van der Waals surface area contributed by atoms with Gasteiger partial charge in [0.25, 0.3) is 0 Å². The number of phenolic OH excluding ortho intramolecular Hbond substituents is 1. The maximum Gasteiger partial charge on any atom is 0.115 e. The maximum atomic E-state index is 9.58. The van der Waals surface area contributed by atoms with Gasteiger partial charge in [0.2, 0.25) is 0 Å². The Kier molecular flexibility index (Phi) is 3.81. The number of hydrogen-bond acceptors (Lipinski definition) is 2. The molecule has 0 aliphatic heterocycles. The number of benzene rings is 2. The fraction of sp³-hybridized carbons (Fsp3) is 0.294. The Morgan fingerprint density at radius 3 is 2.85 bits per heavy atom. The Morgan fingerprint density at radius 2 is 2.05 bits per heavy atom. The Morgan fingerprint density at radius 1 is 1.25 bits per heavy atom. The summed E-state index contributed by atoms with van der Waals surface area (Å²) in [6.45, 7) is 2.14. The van der Waals surface area contributed by atoms with Crippen LogP contribution in [0.25, 0.3) is 0 Å². The zero-order valence-corrected chi connectivity index (χ0v) is 13.0. The van der Waals surface area contributed by atoms with Gasteiger partial charge in [-0.15, -0.1) is 0 Å². The van der Waals surface area contributed by atoms with Crippen LogP contribution in [0, 0.1) is 0 Å². The van der Waals surface area contributed by atoms with Crippen LogP contribution in [0.15, 0.2) is 46.9 Å². The lowest BCUT2D eigenvalue weighted by Crippen LogP contribution is -2.22. The second-order valence-electron chi connectivity index (χ2n) is 5.38. The van der Waals surface area contributed by atoms with Crippen molar-refractivity contribution in [2.75, 3.05) is 0 Å². The molecule has 104 valence electrons. The van der Waals surface area contributed by atoms with E-state index in [2.05, 4.69) is 46.4 Å². The first-order chi connectivity index (χ1) is 9.65. The molecule has 20 heavy (non-hydrogen) atoms. The van der Waals surface area contributed by atoms with Gasteiger partial charge in [-0.3, -0.25) is 0 Å². The van der Waals surface area contributed by atoms with Crippen molar-refractivity contribution >= 4 is 15.9 Å². The van der Waals surface area contributed by atoms with Gasteiger partial charge in [0.05, 0.1) is 0 Å². The number of nitrogens with one attached hydrogen (secondary N) is 1. The highest BCUT2D eigenvalue weighted by Crippen LogP contribution is 2.37. The summed E-state index contributed by atoms with van der Waals surface area (Å²) in [4.78, 5) is 0. The molecule has 2 aromatic rings. The van der Waals surface area contributed by atoms with Gasteiger partial charge < -0.3 is 10.4 Å². The van der Waals surface area contributed by atoms with Gasteiger partial charge >= 0.3 is 0 Å². The van der Waals surface area contributed by atoms with Crippen molar-refractivity contribution in [3.63, 3.8) is 0 Å². The minimum absolute atomic E-state index is 0.219. The lowest BCUT2D eigenvalue weighted by atomic mass is 10.0. The minimum Gasteiger partial charge on any atom is -0.508 e. The molecule has 0 aromatic heterocycles. The summed E-state index contributed by atoms with van der Waals surface area (Å²) >= 11 is 3.63. The van der Waals surface area contributed by atoms with Gasteiger partial charge in [0, 0.05) is 16.6 Å². The van der Waals surface area contributed by atoms with Gasteiger partial charge in [0.1, 0.15) is 5.75 Å². The van der Waals surface area contributed by atoms with Gasteiger partial charge in [-0.1, -0.05) is 40.2 Å². The average Bonchev–Trinajstić information content (AvgIpc) is 2.83. The molecule has 0 heterocycles. The van der Waals surface area contributed by atoms with Crippen LogP contribution in [0.4, 0.5) is 0 Å². The molecule has 2 nitrogen and oxygen atoms in total. The summed E-state index contributed by atoms with van der Waals surface area (Å²) in [6.07, 6.45) is 2.24. The van der Waals surface area contributed by atoms with E-state index < -0.39 is 0 Å². The highest BCUT2D eigenvalue weighted by atomic mass is 79.9. The fourth-order valence-electron chi connectivity index (χ4n) is 2.97. The molecule has 2 unspecified atom stereocenters. The molecule has 0 saturated heterocycles. The number of fused-ring (bicyclic) bond motifs is 1. The molecule has 2 atom stereocenters. The topological polar surface area (TPSA) is 32.3 Å². The number of phenols is 1. The van der Waals surface area contributed by atoms with E-state index in [0.717, 1.165) is 18.4 Å². The quantitative estimate of drug-likeness (QED) is 0.868. The molecule has 1 aliphatic rings. The van der Waals surface area contributed by atoms with Crippen LogP contribution in [0.1, 0.15) is 42.1 Å². The van der Waals surface area contributed by atoms with Crippen molar-refractivity contribution < 1.29 is 5.11 Å². The van der Waals surface area contributed by atoms with E-state index in [1.54, 1.807) is 6.07 Å². The first-order valence-electron chi connectivity index (χ1n) is 6.97. The SMILES string of the molecule is CC(NC1CCc2c(Br)cccc21)c1cccc(O)c1. The Bertz CT molecular complexity index is 626. The van der Waals surface area contributed by atoms with Crippen molar-refractivity contribution in [3.05, 3.63) is 63.6 Å². The lowest BCUT2D eigenvalue weighted by molar-refractivity contribution is 0.455. The van der Waals surface area contributed by atoms with Crippen LogP contribution in [-0.2, 0) is 6.42 Å². The van der Waals surface area contributed by atoms with Gasteiger partial charge in [0.15, 0.2) is 0 Å².